The van der Waals surface area contributed by atoms with E-state index in [0.29, 0.717) is 5.69 Å². The van der Waals surface area contributed by atoms with Gasteiger partial charge in [-0.2, -0.15) is 5.11 Å². The number of H-pyrrole nitrogens is 1. The first kappa shape index (κ1) is 13.4. The number of hydrogen-bond donors (Lipinski definition) is 2. The Balaban J connectivity index is 2.09. The van der Waals surface area contributed by atoms with E-state index < -0.39 is 0 Å². The molecule has 0 radical (unpaired) electrons. The van der Waals surface area contributed by atoms with Crippen LogP contribution in [-0.2, 0) is 0 Å². The zero-order valence-corrected chi connectivity index (χ0v) is 12.3. The second-order valence-electron chi connectivity index (χ2n) is 5.36. The molecule has 0 bridgehead atoms. The summed E-state index contributed by atoms with van der Waals surface area (Å²) >= 11 is 0. The lowest BCUT2D eigenvalue weighted by atomic mass is 10.1. The standard InChI is InChI=1S/C17H17N3O/c1-10-5-7-14-13(8-10)16(17(21)18-14)20-19-15-9-11(2)4-6-12(15)3/h4-9,18,21H,1-3H3. The Morgan fingerprint density at radius 3 is 2.43 bits per heavy atom. The molecule has 2 aromatic carbocycles. The summed E-state index contributed by atoms with van der Waals surface area (Å²) in [5.41, 5.74) is 5.46. The van der Waals surface area contributed by atoms with Gasteiger partial charge >= 0.3 is 0 Å². The molecule has 3 rings (SSSR count). The normalized spacial score (nSPS) is 11.6. The number of aromatic hydroxyl groups is 1. The Hall–Kier alpha value is -2.62. The summed E-state index contributed by atoms with van der Waals surface area (Å²) < 4.78 is 0. The van der Waals surface area contributed by atoms with Gasteiger partial charge in [-0.05, 0) is 50.1 Å². The fourth-order valence-corrected chi connectivity index (χ4v) is 2.31. The van der Waals surface area contributed by atoms with Crippen LogP contribution in [0, 0.1) is 20.8 Å². The monoisotopic (exact) mass is 279 g/mol. The lowest BCUT2D eigenvalue weighted by Crippen LogP contribution is -1.76. The van der Waals surface area contributed by atoms with E-state index in [1.165, 1.54) is 0 Å². The van der Waals surface area contributed by atoms with Gasteiger partial charge in [0.2, 0.25) is 5.88 Å². The molecule has 0 unspecified atom stereocenters. The molecule has 4 nitrogen and oxygen atoms in total. The van der Waals surface area contributed by atoms with Crippen molar-refractivity contribution in [3.05, 3.63) is 53.1 Å². The highest BCUT2D eigenvalue weighted by molar-refractivity contribution is 5.94. The summed E-state index contributed by atoms with van der Waals surface area (Å²) in [6.07, 6.45) is 0. The summed E-state index contributed by atoms with van der Waals surface area (Å²) in [5.74, 6) is 0.0460. The van der Waals surface area contributed by atoms with Crippen LogP contribution in [0.3, 0.4) is 0 Å². The topological polar surface area (TPSA) is 60.7 Å². The first-order chi connectivity index (χ1) is 10.0. The van der Waals surface area contributed by atoms with Crippen LogP contribution < -0.4 is 0 Å². The van der Waals surface area contributed by atoms with Crippen molar-refractivity contribution in [2.24, 2.45) is 10.2 Å². The van der Waals surface area contributed by atoms with Crippen LogP contribution in [-0.4, -0.2) is 10.1 Å². The molecule has 1 heterocycles. The van der Waals surface area contributed by atoms with Gasteiger partial charge in [-0.3, -0.25) is 0 Å². The van der Waals surface area contributed by atoms with E-state index in [0.717, 1.165) is 33.3 Å². The number of aryl methyl sites for hydroxylation is 3. The van der Waals surface area contributed by atoms with Gasteiger partial charge in [-0.25, -0.2) is 0 Å². The van der Waals surface area contributed by atoms with Gasteiger partial charge in [0.25, 0.3) is 0 Å². The Bertz CT molecular complexity index is 847. The first-order valence-electron chi connectivity index (χ1n) is 6.85. The third-order valence-corrected chi connectivity index (χ3v) is 3.53. The van der Waals surface area contributed by atoms with E-state index in [9.17, 15) is 5.11 Å². The third-order valence-electron chi connectivity index (χ3n) is 3.53. The summed E-state index contributed by atoms with van der Waals surface area (Å²) in [4.78, 5) is 2.92. The van der Waals surface area contributed by atoms with Crippen molar-refractivity contribution < 1.29 is 5.11 Å². The summed E-state index contributed by atoms with van der Waals surface area (Å²) in [6.45, 7) is 6.02. The smallest absolute Gasteiger partial charge is 0.218 e. The Labute approximate surface area is 123 Å². The molecule has 106 valence electrons. The predicted octanol–water partition coefficient (Wildman–Crippen LogP) is 5.21. The third kappa shape index (κ3) is 2.52. The van der Waals surface area contributed by atoms with E-state index in [1.54, 1.807) is 0 Å². The minimum Gasteiger partial charge on any atom is -0.493 e. The quantitative estimate of drug-likeness (QED) is 0.621. The SMILES string of the molecule is Cc1ccc(C)c(N=Nc2c(O)[nH]c3ccc(C)cc23)c1. The number of hydrogen-bond acceptors (Lipinski definition) is 3. The number of benzene rings is 2. The van der Waals surface area contributed by atoms with Gasteiger partial charge in [-0.1, -0.05) is 23.8 Å². The highest BCUT2D eigenvalue weighted by atomic mass is 16.3. The molecule has 0 spiro atoms. The van der Waals surface area contributed by atoms with Crippen molar-refractivity contribution in [2.45, 2.75) is 20.8 Å². The molecule has 1 aromatic heterocycles. The van der Waals surface area contributed by atoms with Crippen LogP contribution in [0.25, 0.3) is 10.9 Å². The van der Waals surface area contributed by atoms with E-state index >= 15 is 0 Å². The number of azo groups is 1. The molecule has 0 atom stereocenters. The maximum Gasteiger partial charge on any atom is 0.218 e. The van der Waals surface area contributed by atoms with Crippen molar-refractivity contribution in [1.82, 2.24) is 4.98 Å². The predicted molar refractivity (Wildman–Crippen MR) is 84.8 cm³/mol. The molecule has 0 aliphatic heterocycles. The Kier molecular flexibility index (Phi) is 3.22. The van der Waals surface area contributed by atoms with Crippen LogP contribution in [0.1, 0.15) is 16.7 Å². The molecule has 0 aliphatic rings. The number of nitrogens with zero attached hydrogens (tertiary/aromatic N) is 2. The molecule has 0 saturated carbocycles. The summed E-state index contributed by atoms with van der Waals surface area (Å²) in [7, 11) is 0. The lowest BCUT2D eigenvalue weighted by molar-refractivity contribution is 0.459. The summed E-state index contributed by atoms with van der Waals surface area (Å²) in [6, 6.07) is 12.0. The molecular formula is C17H17N3O. The minimum atomic E-state index is 0.0460. The molecule has 21 heavy (non-hydrogen) atoms. The van der Waals surface area contributed by atoms with E-state index in [2.05, 4.69) is 15.2 Å². The molecule has 0 fully saturated rings. The fourth-order valence-electron chi connectivity index (χ4n) is 2.31. The fraction of sp³-hybridized carbons (Fsp3) is 0.176. The highest BCUT2D eigenvalue weighted by Gasteiger charge is 2.10. The van der Waals surface area contributed by atoms with Gasteiger partial charge < -0.3 is 10.1 Å². The number of aromatic amines is 1. The molecule has 0 amide bonds. The maximum absolute atomic E-state index is 10.0. The van der Waals surface area contributed by atoms with Crippen molar-refractivity contribution in [2.75, 3.05) is 0 Å². The van der Waals surface area contributed by atoms with Gasteiger partial charge in [0.05, 0.1) is 11.2 Å². The van der Waals surface area contributed by atoms with Crippen LogP contribution in [0.2, 0.25) is 0 Å². The van der Waals surface area contributed by atoms with Gasteiger partial charge in [0, 0.05) is 5.39 Å². The van der Waals surface area contributed by atoms with E-state index in [4.69, 9.17) is 0 Å². The zero-order valence-electron chi connectivity index (χ0n) is 12.3. The average molecular weight is 279 g/mol. The van der Waals surface area contributed by atoms with Gasteiger partial charge in [0.15, 0.2) is 5.69 Å². The van der Waals surface area contributed by atoms with E-state index in [-0.39, 0.29) is 5.88 Å². The minimum absolute atomic E-state index is 0.0460. The number of fused-ring (bicyclic) bond motifs is 1. The summed E-state index contributed by atoms with van der Waals surface area (Å²) in [5, 5.41) is 19.4. The van der Waals surface area contributed by atoms with E-state index in [1.807, 2.05) is 57.2 Å². The molecule has 0 saturated heterocycles. The Morgan fingerprint density at radius 1 is 0.905 bits per heavy atom. The number of aromatic nitrogens is 1. The number of nitrogens with one attached hydrogen (secondary N) is 1. The van der Waals surface area contributed by atoms with Crippen molar-refractivity contribution in [3.8, 4) is 5.88 Å². The largest absolute Gasteiger partial charge is 0.493 e. The van der Waals surface area contributed by atoms with Crippen LogP contribution in [0.4, 0.5) is 11.4 Å². The van der Waals surface area contributed by atoms with Crippen molar-refractivity contribution >= 4 is 22.3 Å². The maximum atomic E-state index is 10.0. The molecule has 0 aliphatic carbocycles. The van der Waals surface area contributed by atoms with Crippen LogP contribution >= 0.6 is 0 Å². The second kappa shape index (κ2) is 5.05. The van der Waals surface area contributed by atoms with Crippen LogP contribution in [0.5, 0.6) is 5.88 Å². The van der Waals surface area contributed by atoms with Crippen LogP contribution in [0.15, 0.2) is 46.6 Å². The molecule has 2 N–H and O–H groups in total. The number of rotatable bonds is 2. The lowest BCUT2D eigenvalue weighted by Gasteiger charge is -2.00. The van der Waals surface area contributed by atoms with Gasteiger partial charge in [-0.15, -0.1) is 5.11 Å². The average Bonchev–Trinajstić information content (AvgIpc) is 2.75. The molecular weight excluding hydrogens is 262 g/mol. The Morgan fingerprint density at radius 2 is 1.62 bits per heavy atom. The van der Waals surface area contributed by atoms with Gasteiger partial charge in [0.1, 0.15) is 0 Å². The molecule has 4 heteroatoms. The van der Waals surface area contributed by atoms with Crippen molar-refractivity contribution in [3.63, 3.8) is 0 Å². The zero-order chi connectivity index (χ0) is 15.0. The van der Waals surface area contributed by atoms with Crippen molar-refractivity contribution in [1.29, 1.82) is 0 Å². The first-order valence-corrected chi connectivity index (χ1v) is 6.85. The molecule has 3 aromatic rings. The highest BCUT2D eigenvalue weighted by Crippen LogP contribution is 2.37. The second-order valence-corrected chi connectivity index (χ2v) is 5.36.